The Morgan fingerprint density at radius 2 is 2.00 bits per heavy atom. The number of nitrogens with two attached hydrogens (primary N) is 2. The van der Waals surface area contributed by atoms with Crippen molar-refractivity contribution in [2.45, 2.75) is 58.7 Å². The Balaban J connectivity index is 1.85. The van der Waals surface area contributed by atoms with Crippen molar-refractivity contribution in [2.24, 2.45) is 5.73 Å². The first-order chi connectivity index (χ1) is 15.4. The summed E-state index contributed by atoms with van der Waals surface area (Å²) < 4.78 is 5.29. The zero-order valence-electron chi connectivity index (χ0n) is 19.1. The van der Waals surface area contributed by atoms with Crippen molar-refractivity contribution >= 4 is 23.6 Å². The second-order valence-corrected chi connectivity index (χ2v) is 9.05. The van der Waals surface area contributed by atoms with Crippen molar-refractivity contribution in [2.75, 3.05) is 5.73 Å². The molecule has 4 N–H and O–H groups in total. The van der Waals surface area contributed by atoms with Gasteiger partial charge in [-0.3, -0.25) is 14.4 Å². The predicted octanol–water partition coefficient (Wildman–Crippen LogP) is 2.44. The molecule has 2 amide bonds. The molecule has 0 aliphatic carbocycles. The average molecular weight is 450 g/mol. The summed E-state index contributed by atoms with van der Waals surface area (Å²) in [6.07, 6.45) is 0.0137. The van der Waals surface area contributed by atoms with Gasteiger partial charge in [-0.1, -0.05) is 6.07 Å². The van der Waals surface area contributed by atoms with E-state index in [1.54, 1.807) is 52.0 Å². The number of nitrogens with zero attached hydrogens (tertiary/aromatic N) is 3. The number of nitriles is 1. The van der Waals surface area contributed by atoms with Crippen molar-refractivity contribution in [3.63, 3.8) is 0 Å². The zero-order chi connectivity index (χ0) is 24.5. The second-order valence-electron chi connectivity index (χ2n) is 9.05. The molecule has 0 radical (unpaired) electrons. The fourth-order valence-corrected chi connectivity index (χ4v) is 3.77. The molecule has 0 saturated heterocycles. The Hall–Kier alpha value is -3.93. The molecule has 1 aromatic carbocycles. The monoisotopic (exact) mass is 449 g/mol. The summed E-state index contributed by atoms with van der Waals surface area (Å²) in [6, 6.07) is 7.93. The van der Waals surface area contributed by atoms with Crippen LogP contribution in [0.3, 0.4) is 0 Å². The number of rotatable bonds is 6. The van der Waals surface area contributed by atoms with Crippen LogP contribution in [0.4, 0.5) is 5.82 Å². The molecule has 0 unspecified atom stereocenters. The average Bonchev–Trinajstić information content (AvgIpc) is 3.04. The Morgan fingerprint density at radius 1 is 1.30 bits per heavy atom. The molecule has 1 aliphatic rings. The molecule has 9 heteroatoms. The molecule has 0 saturated carbocycles. The number of aromatic nitrogens is 1. The van der Waals surface area contributed by atoms with E-state index < -0.39 is 23.5 Å². The molecule has 1 atom stereocenters. The molecule has 1 aromatic heterocycles. The van der Waals surface area contributed by atoms with Crippen LogP contribution in [0.5, 0.6) is 0 Å². The lowest BCUT2D eigenvalue weighted by molar-refractivity contribution is -0.155. The highest BCUT2D eigenvalue weighted by Gasteiger charge is 2.36. The number of aryl methyl sites for hydroxylation is 1. The Bertz CT molecular complexity index is 1180. The number of pyridine rings is 1. The van der Waals surface area contributed by atoms with Gasteiger partial charge in [0.05, 0.1) is 11.3 Å². The van der Waals surface area contributed by atoms with Gasteiger partial charge in [0.15, 0.2) is 0 Å². The molecule has 3 rings (SSSR count). The second kappa shape index (κ2) is 8.90. The van der Waals surface area contributed by atoms with E-state index in [9.17, 15) is 19.6 Å². The van der Waals surface area contributed by atoms with Crippen LogP contribution in [-0.4, -0.2) is 39.3 Å². The minimum Gasteiger partial charge on any atom is -0.460 e. The van der Waals surface area contributed by atoms with Gasteiger partial charge >= 0.3 is 5.97 Å². The zero-order valence-corrected chi connectivity index (χ0v) is 19.1. The highest BCUT2D eigenvalue weighted by atomic mass is 16.6. The van der Waals surface area contributed by atoms with Gasteiger partial charge in [-0.25, -0.2) is 4.98 Å². The molecule has 0 spiro atoms. The SMILES string of the molecule is Cc1cc(C#N)c(-c2ccc3c(c2)CN([C@@H](CCC(=O)OC(C)(C)C)C(N)=O)C3=O)nc1N. The summed E-state index contributed by atoms with van der Waals surface area (Å²) in [4.78, 5) is 42.9. The minimum absolute atomic E-state index is 0.0473. The largest absolute Gasteiger partial charge is 0.460 e. The third-order valence-electron chi connectivity index (χ3n) is 5.33. The maximum absolute atomic E-state index is 13.0. The van der Waals surface area contributed by atoms with Crippen molar-refractivity contribution in [1.29, 1.82) is 5.26 Å². The quantitative estimate of drug-likeness (QED) is 0.642. The fourth-order valence-electron chi connectivity index (χ4n) is 3.77. The first kappa shape index (κ1) is 23.7. The maximum Gasteiger partial charge on any atom is 0.306 e. The van der Waals surface area contributed by atoms with E-state index in [0.29, 0.717) is 39.3 Å². The van der Waals surface area contributed by atoms with Gasteiger partial charge in [0.2, 0.25) is 5.91 Å². The standard InChI is InChI=1S/C24H27N5O4/c1-13-9-15(11-25)20(28-21(13)26)14-5-6-17-16(10-14)12-29(23(17)32)18(22(27)31)7-8-19(30)33-24(2,3)4/h5-6,9-10,18H,7-8,12H2,1-4H3,(H2,26,28)(H2,27,31)/t18-/m0/s1. The summed E-state index contributed by atoms with van der Waals surface area (Å²) in [6.45, 7) is 7.18. The highest BCUT2D eigenvalue weighted by Crippen LogP contribution is 2.32. The van der Waals surface area contributed by atoms with Crippen molar-refractivity contribution in [3.8, 4) is 17.3 Å². The first-order valence-electron chi connectivity index (χ1n) is 10.5. The molecule has 33 heavy (non-hydrogen) atoms. The van der Waals surface area contributed by atoms with Gasteiger partial charge in [0.1, 0.15) is 23.5 Å². The highest BCUT2D eigenvalue weighted by molar-refractivity contribution is 6.01. The molecular weight excluding hydrogens is 422 g/mol. The van der Waals surface area contributed by atoms with E-state index in [0.717, 1.165) is 0 Å². The van der Waals surface area contributed by atoms with E-state index in [-0.39, 0.29) is 25.3 Å². The molecule has 2 aromatic rings. The molecule has 0 fully saturated rings. The molecular formula is C24H27N5O4. The van der Waals surface area contributed by atoms with Gasteiger partial charge in [-0.05, 0) is 63.4 Å². The van der Waals surface area contributed by atoms with Crippen LogP contribution in [0.1, 0.15) is 60.7 Å². The topological polar surface area (TPSA) is 152 Å². The first-order valence-corrected chi connectivity index (χ1v) is 10.5. The van der Waals surface area contributed by atoms with Crippen LogP contribution >= 0.6 is 0 Å². The van der Waals surface area contributed by atoms with E-state index in [4.69, 9.17) is 16.2 Å². The van der Waals surface area contributed by atoms with Crippen LogP contribution in [0.2, 0.25) is 0 Å². The molecule has 1 aliphatic heterocycles. The number of nitrogen functional groups attached to an aromatic ring is 1. The smallest absolute Gasteiger partial charge is 0.306 e. The Morgan fingerprint density at radius 3 is 2.61 bits per heavy atom. The summed E-state index contributed by atoms with van der Waals surface area (Å²) >= 11 is 0. The normalized spacial score (nSPS) is 13.9. The predicted molar refractivity (Wildman–Crippen MR) is 121 cm³/mol. The summed E-state index contributed by atoms with van der Waals surface area (Å²) in [5.74, 6) is -1.19. The third kappa shape index (κ3) is 5.12. The number of ether oxygens (including phenoxy) is 1. The Kier molecular flexibility index (Phi) is 6.40. The van der Waals surface area contributed by atoms with Gasteiger partial charge in [0.25, 0.3) is 5.91 Å². The number of anilines is 1. The number of fused-ring (bicyclic) bond motifs is 1. The number of hydrogen-bond acceptors (Lipinski definition) is 7. The molecule has 9 nitrogen and oxygen atoms in total. The maximum atomic E-state index is 13.0. The number of primary amides is 1. The van der Waals surface area contributed by atoms with Crippen LogP contribution in [-0.2, 0) is 20.9 Å². The van der Waals surface area contributed by atoms with Gasteiger partial charge in [0, 0.05) is 24.1 Å². The van der Waals surface area contributed by atoms with Crippen molar-refractivity contribution < 1.29 is 19.1 Å². The number of amides is 2. The van der Waals surface area contributed by atoms with Crippen LogP contribution in [0, 0.1) is 18.3 Å². The Labute approximate surface area is 192 Å². The van der Waals surface area contributed by atoms with Crippen LogP contribution in [0.15, 0.2) is 24.3 Å². The van der Waals surface area contributed by atoms with Gasteiger partial charge in [-0.15, -0.1) is 0 Å². The minimum atomic E-state index is -0.955. The molecule has 2 heterocycles. The van der Waals surface area contributed by atoms with E-state index in [1.807, 2.05) is 0 Å². The molecule has 172 valence electrons. The van der Waals surface area contributed by atoms with Crippen LogP contribution in [0.25, 0.3) is 11.3 Å². The fraction of sp³-hybridized carbons (Fsp3) is 0.375. The summed E-state index contributed by atoms with van der Waals surface area (Å²) in [5, 5.41) is 9.50. The lowest BCUT2D eigenvalue weighted by atomic mass is 10.0. The number of carbonyl (C=O) groups is 3. The van der Waals surface area contributed by atoms with Crippen LogP contribution < -0.4 is 11.5 Å². The van der Waals surface area contributed by atoms with E-state index >= 15 is 0 Å². The lowest BCUT2D eigenvalue weighted by Crippen LogP contribution is -2.45. The van der Waals surface area contributed by atoms with Crippen molar-refractivity contribution in [1.82, 2.24) is 9.88 Å². The lowest BCUT2D eigenvalue weighted by Gasteiger charge is -2.25. The summed E-state index contributed by atoms with van der Waals surface area (Å²) in [5.41, 5.74) is 14.1. The van der Waals surface area contributed by atoms with Gasteiger partial charge in [-0.2, -0.15) is 5.26 Å². The number of benzene rings is 1. The number of carbonyl (C=O) groups excluding carboxylic acids is 3. The van der Waals surface area contributed by atoms with Crippen molar-refractivity contribution in [3.05, 3.63) is 46.5 Å². The van der Waals surface area contributed by atoms with E-state index in [2.05, 4.69) is 11.1 Å². The molecule has 0 bridgehead atoms. The van der Waals surface area contributed by atoms with Gasteiger partial charge < -0.3 is 21.1 Å². The van der Waals surface area contributed by atoms with E-state index in [1.165, 1.54) is 4.90 Å². The third-order valence-corrected chi connectivity index (χ3v) is 5.33. The number of hydrogen-bond donors (Lipinski definition) is 2. The number of esters is 1. The summed E-state index contributed by atoms with van der Waals surface area (Å²) in [7, 11) is 0.